The van der Waals surface area contributed by atoms with Gasteiger partial charge in [0.2, 0.25) is 0 Å². The molecule has 2 N–H and O–H groups in total. The molecule has 1 aliphatic carbocycles. The first kappa shape index (κ1) is 36.4. The molecule has 5 unspecified atom stereocenters. The first-order valence-electron chi connectivity index (χ1n) is 15.9. The molecule has 1 rings (SSSR count). The van der Waals surface area contributed by atoms with Gasteiger partial charge in [0.1, 0.15) is 0 Å². The summed E-state index contributed by atoms with van der Waals surface area (Å²) in [7, 11) is 0. The molecule has 37 heavy (non-hydrogen) atoms. The van der Waals surface area contributed by atoms with E-state index in [1.54, 1.807) is 0 Å². The van der Waals surface area contributed by atoms with E-state index in [4.69, 9.17) is 4.74 Å². The molecule has 3 heteroatoms. The SMILES string of the molecule is CCC(C)CCC(C)C.CCC/C=C\CCOC(O)C1CC(CCC)=C(C)CC1C(O)CCCC(C)C. The molecule has 3 nitrogen and oxygen atoms in total. The van der Waals surface area contributed by atoms with Crippen molar-refractivity contribution >= 4 is 0 Å². The lowest BCUT2D eigenvalue weighted by molar-refractivity contribution is -0.158. The van der Waals surface area contributed by atoms with Gasteiger partial charge in [-0.05, 0) is 69.1 Å². The molecule has 0 aliphatic heterocycles. The zero-order valence-electron chi connectivity index (χ0n) is 26.4. The highest BCUT2D eigenvalue weighted by atomic mass is 16.6. The summed E-state index contributed by atoms with van der Waals surface area (Å²) in [6.07, 6.45) is 17.4. The summed E-state index contributed by atoms with van der Waals surface area (Å²) in [4.78, 5) is 0. The van der Waals surface area contributed by atoms with Crippen LogP contribution in [-0.4, -0.2) is 29.2 Å². The maximum absolute atomic E-state index is 10.9. The van der Waals surface area contributed by atoms with Crippen molar-refractivity contribution in [2.75, 3.05) is 6.61 Å². The van der Waals surface area contributed by atoms with Crippen LogP contribution >= 0.6 is 0 Å². The van der Waals surface area contributed by atoms with E-state index in [9.17, 15) is 10.2 Å². The van der Waals surface area contributed by atoms with Crippen molar-refractivity contribution in [2.24, 2.45) is 29.6 Å². The van der Waals surface area contributed by atoms with E-state index in [1.807, 2.05) is 0 Å². The Morgan fingerprint density at radius 3 is 2.03 bits per heavy atom. The fraction of sp³-hybridized carbons (Fsp3) is 0.882. The Balaban J connectivity index is 0.00000122. The van der Waals surface area contributed by atoms with E-state index < -0.39 is 6.29 Å². The van der Waals surface area contributed by atoms with Gasteiger partial charge in [0.15, 0.2) is 6.29 Å². The van der Waals surface area contributed by atoms with Crippen LogP contribution in [-0.2, 0) is 4.74 Å². The molecule has 1 aliphatic rings. The highest BCUT2D eigenvalue weighted by molar-refractivity contribution is 5.18. The minimum absolute atomic E-state index is 0.000999. The van der Waals surface area contributed by atoms with Crippen LogP contribution in [0.15, 0.2) is 23.3 Å². The van der Waals surface area contributed by atoms with Crippen LogP contribution in [0.2, 0.25) is 0 Å². The van der Waals surface area contributed by atoms with Crippen molar-refractivity contribution in [1.29, 1.82) is 0 Å². The summed E-state index contributed by atoms with van der Waals surface area (Å²) in [5.41, 5.74) is 2.88. The van der Waals surface area contributed by atoms with Gasteiger partial charge in [-0.15, -0.1) is 0 Å². The van der Waals surface area contributed by atoms with Crippen LogP contribution in [0.4, 0.5) is 0 Å². The number of rotatable bonds is 18. The molecule has 220 valence electrons. The third kappa shape index (κ3) is 17.5. The van der Waals surface area contributed by atoms with E-state index in [2.05, 4.69) is 74.5 Å². The normalized spacial score (nSPS) is 20.9. The van der Waals surface area contributed by atoms with Gasteiger partial charge in [-0.2, -0.15) is 0 Å². The van der Waals surface area contributed by atoms with Gasteiger partial charge in [-0.1, -0.05) is 124 Å². The molecular formula is C34H66O3. The summed E-state index contributed by atoms with van der Waals surface area (Å²) in [5, 5.41) is 21.7. The number of hydrogen-bond acceptors (Lipinski definition) is 3. The van der Waals surface area contributed by atoms with Crippen molar-refractivity contribution in [2.45, 2.75) is 158 Å². The van der Waals surface area contributed by atoms with E-state index in [1.165, 1.54) is 30.4 Å². The van der Waals surface area contributed by atoms with Crippen LogP contribution in [0.5, 0.6) is 0 Å². The first-order chi connectivity index (χ1) is 17.6. The number of aliphatic hydroxyl groups is 2. The highest BCUT2D eigenvalue weighted by Crippen LogP contribution is 2.41. The molecule has 0 fully saturated rings. The summed E-state index contributed by atoms with van der Waals surface area (Å²) < 4.78 is 5.82. The van der Waals surface area contributed by atoms with E-state index in [-0.39, 0.29) is 17.9 Å². The molecule has 0 heterocycles. The van der Waals surface area contributed by atoms with E-state index in [0.29, 0.717) is 12.5 Å². The fourth-order valence-corrected chi connectivity index (χ4v) is 5.16. The third-order valence-corrected chi connectivity index (χ3v) is 8.00. The largest absolute Gasteiger partial charge is 0.393 e. The summed E-state index contributed by atoms with van der Waals surface area (Å²) in [6, 6.07) is 0. The Morgan fingerprint density at radius 2 is 1.46 bits per heavy atom. The van der Waals surface area contributed by atoms with Crippen LogP contribution in [0, 0.1) is 29.6 Å². The number of allylic oxidation sites excluding steroid dienone is 3. The fourth-order valence-electron chi connectivity index (χ4n) is 5.16. The zero-order valence-corrected chi connectivity index (χ0v) is 26.4. The molecular weight excluding hydrogens is 456 g/mol. The van der Waals surface area contributed by atoms with Crippen LogP contribution in [0.1, 0.15) is 146 Å². The summed E-state index contributed by atoms with van der Waals surface area (Å²) in [5.74, 6) is 2.59. The lowest BCUT2D eigenvalue weighted by Gasteiger charge is -2.39. The van der Waals surface area contributed by atoms with Crippen LogP contribution in [0.3, 0.4) is 0 Å². The maximum atomic E-state index is 10.9. The Bertz CT molecular complexity index is 592. The minimum Gasteiger partial charge on any atom is -0.393 e. The first-order valence-corrected chi connectivity index (χ1v) is 15.9. The standard InChI is InChI=1S/C25H46O3.C9H20/c1-6-8-9-10-11-16-28-25(27)23-18-21(13-7-2)20(5)17-22(23)24(26)15-12-14-19(3)4;1-5-9(4)7-6-8(2)3/h9-10,19,22-27H,6-8,11-18H2,1-5H3;8-9H,5-7H2,1-4H3/b10-9-;. The lowest BCUT2D eigenvalue weighted by atomic mass is 9.71. The molecule has 5 atom stereocenters. The Kier molecular flexibility index (Phi) is 21.8. The topological polar surface area (TPSA) is 49.7 Å². The van der Waals surface area contributed by atoms with Crippen molar-refractivity contribution < 1.29 is 14.9 Å². The second-order valence-electron chi connectivity index (χ2n) is 12.6. The predicted octanol–water partition coefficient (Wildman–Crippen LogP) is 9.87. The van der Waals surface area contributed by atoms with Crippen LogP contribution < -0.4 is 0 Å². The molecule has 0 amide bonds. The third-order valence-electron chi connectivity index (χ3n) is 8.00. The molecule has 0 radical (unpaired) electrons. The number of aliphatic hydroxyl groups excluding tert-OH is 2. The molecule has 0 aromatic carbocycles. The lowest BCUT2D eigenvalue weighted by Crippen LogP contribution is -2.39. The predicted molar refractivity (Wildman–Crippen MR) is 163 cm³/mol. The molecule has 0 spiro atoms. The average molecular weight is 523 g/mol. The second kappa shape index (κ2) is 22.2. The monoisotopic (exact) mass is 523 g/mol. The van der Waals surface area contributed by atoms with Gasteiger partial charge in [0.25, 0.3) is 0 Å². The summed E-state index contributed by atoms with van der Waals surface area (Å²) >= 11 is 0. The van der Waals surface area contributed by atoms with Gasteiger partial charge in [0.05, 0.1) is 12.7 Å². The quantitative estimate of drug-likeness (QED) is 0.107. The molecule has 0 saturated heterocycles. The Morgan fingerprint density at radius 1 is 0.811 bits per heavy atom. The molecule has 0 saturated carbocycles. The highest BCUT2D eigenvalue weighted by Gasteiger charge is 2.37. The van der Waals surface area contributed by atoms with Crippen molar-refractivity contribution in [1.82, 2.24) is 0 Å². The molecule has 0 aromatic heterocycles. The Labute approximate surface area is 232 Å². The van der Waals surface area contributed by atoms with Gasteiger partial charge in [0, 0.05) is 5.92 Å². The number of hydrogen-bond donors (Lipinski definition) is 2. The van der Waals surface area contributed by atoms with Crippen molar-refractivity contribution in [3.63, 3.8) is 0 Å². The number of ether oxygens (including phenoxy) is 1. The maximum Gasteiger partial charge on any atom is 0.158 e. The minimum atomic E-state index is -0.788. The second-order valence-corrected chi connectivity index (χ2v) is 12.6. The van der Waals surface area contributed by atoms with E-state index in [0.717, 1.165) is 76.0 Å². The number of unbranched alkanes of at least 4 members (excludes halogenated alkanes) is 1. The summed E-state index contributed by atoms with van der Waals surface area (Å²) in [6.45, 7) is 20.8. The van der Waals surface area contributed by atoms with Gasteiger partial charge >= 0.3 is 0 Å². The van der Waals surface area contributed by atoms with Crippen LogP contribution in [0.25, 0.3) is 0 Å². The van der Waals surface area contributed by atoms with Gasteiger partial charge in [-0.25, -0.2) is 0 Å². The molecule has 0 bridgehead atoms. The van der Waals surface area contributed by atoms with Crippen molar-refractivity contribution in [3.05, 3.63) is 23.3 Å². The van der Waals surface area contributed by atoms with Gasteiger partial charge in [-0.3, -0.25) is 0 Å². The zero-order chi connectivity index (χ0) is 28.2. The van der Waals surface area contributed by atoms with Crippen molar-refractivity contribution in [3.8, 4) is 0 Å². The van der Waals surface area contributed by atoms with E-state index >= 15 is 0 Å². The smallest absolute Gasteiger partial charge is 0.158 e. The molecule has 0 aromatic rings. The average Bonchev–Trinajstić information content (AvgIpc) is 2.85. The van der Waals surface area contributed by atoms with Gasteiger partial charge < -0.3 is 14.9 Å². The Hall–Kier alpha value is -0.640.